The molecular formula is C12H8BrF2N3O2. The molecule has 2 aromatic rings. The van der Waals surface area contributed by atoms with Gasteiger partial charge in [-0.15, -0.1) is 5.10 Å². The zero-order chi connectivity index (χ0) is 14.4. The van der Waals surface area contributed by atoms with Crippen molar-refractivity contribution in [2.24, 2.45) is 0 Å². The number of benzene rings is 1. The van der Waals surface area contributed by atoms with Crippen LogP contribution in [0.4, 0.5) is 8.78 Å². The van der Waals surface area contributed by atoms with Crippen molar-refractivity contribution in [3.05, 3.63) is 39.6 Å². The van der Waals surface area contributed by atoms with E-state index in [1.54, 1.807) is 0 Å². The molecule has 1 aromatic heterocycles. The molecule has 1 aliphatic carbocycles. The number of rotatable bonds is 3. The summed E-state index contributed by atoms with van der Waals surface area (Å²) >= 11 is 2.97. The predicted molar refractivity (Wildman–Crippen MR) is 67.9 cm³/mol. The Morgan fingerprint density at radius 2 is 2.05 bits per heavy atom. The largest absolute Gasteiger partial charge is 0.476 e. The molecule has 20 heavy (non-hydrogen) atoms. The SMILES string of the molecule is O=C(O)c1nnn(-c2cc(Br)c(F)cc2F)c1C1CC1. The topological polar surface area (TPSA) is 68.0 Å². The first-order valence-electron chi connectivity index (χ1n) is 5.83. The van der Waals surface area contributed by atoms with Crippen LogP contribution in [0.25, 0.3) is 5.69 Å². The third-order valence-corrected chi connectivity index (χ3v) is 3.70. The van der Waals surface area contributed by atoms with Crippen LogP contribution in [-0.4, -0.2) is 26.1 Å². The smallest absolute Gasteiger partial charge is 0.358 e. The predicted octanol–water partition coefficient (Wildman–Crippen LogP) is 2.88. The van der Waals surface area contributed by atoms with Crippen molar-refractivity contribution in [2.45, 2.75) is 18.8 Å². The van der Waals surface area contributed by atoms with Gasteiger partial charge in [-0.3, -0.25) is 0 Å². The second kappa shape index (κ2) is 4.62. The average molecular weight is 344 g/mol. The number of aromatic carboxylic acids is 1. The number of hydrogen-bond donors (Lipinski definition) is 1. The molecule has 1 aromatic carbocycles. The first kappa shape index (κ1) is 13.2. The number of nitrogens with zero attached hydrogens (tertiary/aromatic N) is 3. The van der Waals surface area contributed by atoms with Crippen molar-refractivity contribution in [1.29, 1.82) is 0 Å². The fraction of sp³-hybridized carbons (Fsp3) is 0.250. The summed E-state index contributed by atoms with van der Waals surface area (Å²) in [6, 6.07) is 1.94. The van der Waals surface area contributed by atoms with Gasteiger partial charge in [-0.05, 0) is 34.8 Å². The first-order valence-corrected chi connectivity index (χ1v) is 6.62. The highest BCUT2D eigenvalue weighted by Crippen LogP contribution is 2.42. The zero-order valence-corrected chi connectivity index (χ0v) is 11.6. The summed E-state index contributed by atoms with van der Waals surface area (Å²) in [6.45, 7) is 0. The van der Waals surface area contributed by atoms with Crippen LogP contribution >= 0.6 is 15.9 Å². The highest BCUT2D eigenvalue weighted by atomic mass is 79.9. The molecule has 0 bridgehead atoms. The summed E-state index contributed by atoms with van der Waals surface area (Å²) in [6.07, 6.45) is 1.61. The summed E-state index contributed by atoms with van der Waals surface area (Å²) in [5.74, 6) is -2.77. The molecule has 0 atom stereocenters. The van der Waals surface area contributed by atoms with Gasteiger partial charge in [-0.1, -0.05) is 5.21 Å². The lowest BCUT2D eigenvalue weighted by Gasteiger charge is -2.08. The summed E-state index contributed by atoms with van der Waals surface area (Å²) in [5.41, 5.74) is 0.141. The summed E-state index contributed by atoms with van der Waals surface area (Å²) < 4.78 is 28.4. The third kappa shape index (κ3) is 2.09. The van der Waals surface area contributed by atoms with E-state index in [0.717, 1.165) is 23.6 Å². The van der Waals surface area contributed by atoms with E-state index in [2.05, 4.69) is 26.2 Å². The normalized spacial score (nSPS) is 14.6. The Morgan fingerprint density at radius 1 is 1.35 bits per heavy atom. The van der Waals surface area contributed by atoms with Gasteiger partial charge in [-0.2, -0.15) is 0 Å². The Balaban J connectivity index is 2.20. The molecule has 104 valence electrons. The standard InChI is InChI=1S/C12H8BrF2N3O2/c13-6-3-9(8(15)4-7(6)14)18-11(5-1-2-5)10(12(19)20)16-17-18/h3-5H,1-2H2,(H,19,20). The van der Waals surface area contributed by atoms with Crippen LogP contribution in [-0.2, 0) is 0 Å². The number of hydrogen-bond acceptors (Lipinski definition) is 3. The second-order valence-electron chi connectivity index (χ2n) is 4.53. The van der Waals surface area contributed by atoms with Crippen LogP contribution in [0.3, 0.4) is 0 Å². The van der Waals surface area contributed by atoms with Gasteiger partial charge in [0.2, 0.25) is 0 Å². The lowest BCUT2D eigenvalue weighted by molar-refractivity contribution is 0.0689. The molecule has 0 spiro atoms. The molecule has 1 fully saturated rings. The monoisotopic (exact) mass is 343 g/mol. The van der Waals surface area contributed by atoms with Gasteiger partial charge in [0.05, 0.1) is 10.2 Å². The number of carboxylic acid groups (broad SMARTS) is 1. The van der Waals surface area contributed by atoms with Gasteiger partial charge in [-0.25, -0.2) is 18.3 Å². The Labute approximate surface area is 120 Å². The molecule has 1 saturated carbocycles. The fourth-order valence-electron chi connectivity index (χ4n) is 2.02. The zero-order valence-electron chi connectivity index (χ0n) is 9.98. The minimum absolute atomic E-state index is 0.000622. The van der Waals surface area contributed by atoms with Crippen molar-refractivity contribution in [1.82, 2.24) is 15.0 Å². The van der Waals surface area contributed by atoms with Crippen molar-refractivity contribution < 1.29 is 18.7 Å². The van der Waals surface area contributed by atoms with Crippen LogP contribution in [0.15, 0.2) is 16.6 Å². The quantitative estimate of drug-likeness (QED) is 0.870. The number of carboxylic acids is 1. The minimum atomic E-state index is -1.21. The van der Waals surface area contributed by atoms with E-state index >= 15 is 0 Å². The van der Waals surface area contributed by atoms with Gasteiger partial charge in [0, 0.05) is 12.0 Å². The van der Waals surface area contributed by atoms with E-state index in [4.69, 9.17) is 5.11 Å². The molecule has 3 rings (SSSR count). The lowest BCUT2D eigenvalue weighted by Crippen LogP contribution is -2.07. The third-order valence-electron chi connectivity index (χ3n) is 3.09. The molecule has 5 nitrogen and oxygen atoms in total. The maximum atomic E-state index is 13.9. The van der Waals surface area contributed by atoms with E-state index < -0.39 is 17.6 Å². The number of halogens is 3. The van der Waals surface area contributed by atoms with Gasteiger partial charge < -0.3 is 5.11 Å². The molecular weight excluding hydrogens is 336 g/mol. The molecule has 1 N–H and O–H groups in total. The van der Waals surface area contributed by atoms with Crippen LogP contribution < -0.4 is 0 Å². The number of carbonyl (C=O) groups is 1. The molecule has 1 heterocycles. The van der Waals surface area contributed by atoms with Crippen molar-refractivity contribution in [3.8, 4) is 5.69 Å². The molecule has 0 saturated heterocycles. The maximum absolute atomic E-state index is 13.9. The van der Waals surface area contributed by atoms with Gasteiger partial charge in [0.15, 0.2) is 11.5 Å². The van der Waals surface area contributed by atoms with E-state index in [9.17, 15) is 13.6 Å². The highest BCUT2D eigenvalue weighted by molar-refractivity contribution is 9.10. The Hall–Kier alpha value is -1.83. The van der Waals surface area contributed by atoms with Crippen molar-refractivity contribution in [2.75, 3.05) is 0 Å². The lowest BCUT2D eigenvalue weighted by atomic mass is 10.2. The maximum Gasteiger partial charge on any atom is 0.358 e. The molecule has 0 aliphatic heterocycles. The number of aromatic nitrogens is 3. The molecule has 0 unspecified atom stereocenters. The Morgan fingerprint density at radius 3 is 2.65 bits per heavy atom. The van der Waals surface area contributed by atoms with Gasteiger partial charge in [0.25, 0.3) is 0 Å². The summed E-state index contributed by atoms with van der Waals surface area (Å²) in [4.78, 5) is 11.1. The Bertz CT molecular complexity index is 713. The highest BCUT2D eigenvalue weighted by Gasteiger charge is 2.34. The van der Waals surface area contributed by atoms with Gasteiger partial charge >= 0.3 is 5.97 Å². The van der Waals surface area contributed by atoms with Crippen LogP contribution in [0.2, 0.25) is 0 Å². The van der Waals surface area contributed by atoms with E-state index in [1.807, 2.05) is 0 Å². The molecule has 8 heteroatoms. The van der Waals surface area contributed by atoms with E-state index in [0.29, 0.717) is 5.69 Å². The van der Waals surface area contributed by atoms with Crippen LogP contribution in [0.1, 0.15) is 34.9 Å². The molecule has 0 radical (unpaired) electrons. The molecule has 1 aliphatic rings. The molecule has 0 amide bonds. The van der Waals surface area contributed by atoms with Crippen molar-refractivity contribution in [3.63, 3.8) is 0 Å². The van der Waals surface area contributed by atoms with Gasteiger partial charge in [0.1, 0.15) is 11.5 Å². The minimum Gasteiger partial charge on any atom is -0.476 e. The Kier molecular flexibility index (Phi) is 3.04. The first-order chi connectivity index (χ1) is 9.49. The summed E-state index contributed by atoms with van der Waals surface area (Å²) in [7, 11) is 0. The fourth-order valence-corrected chi connectivity index (χ4v) is 2.35. The van der Waals surface area contributed by atoms with E-state index in [-0.39, 0.29) is 21.8 Å². The summed E-state index contributed by atoms with van der Waals surface area (Å²) in [5, 5.41) is 16.4. The van der Waals surface area contributed by atoms with E-state index in [1.165, 1.54) is 6.07 Å². The van der Waals surface area contributed by atoms with Crippen LogP contribution in [0, 0.1) is 11.6 Å². The second-order valence-corrected chi connectivity index (χ2v) is 5.39. The average Bonchev–Trinajstić information content (AvgIpc) is 3.12. The van der Waals surface area contributed by atoms with Crippen molar-refractivity contribution >= 4 is 21.9 Å². The van der Waals surface area contributed by atoms with Crippen LogP contribution in [0.5, 0.6) is 0 Å².